The smallest absolute Gasteiger partial charge is 0.328 e. The first-order valence-corrected chi connectivity index (χ1v) is 7.57. The molecule has 0 aliphatic heterocycles. The Morgan fingerprint density at radius 3 is 2.95 bits per heavy atom. The van der Waals surface area contributed by atoms with Gasteiger partial charge in [0.2, 0.25) is 0 Å². The summed E-state index contributed by atoms with van der Waals surface area (Å²) in [7, 11) is 0. The molecule has 0 fully saturated rings. The molecule has 0 aliphatic carbocycles. The Hall–Kier alpha value is -1.99. The zero-order chi connectivity index (χ0) is 14.4. The Balaban J connectivity index is 1.84. The van der Waals surface area contributed by atoms with Gasteiger partial charge in [0.15, 0.2) is 0 Å². The topological polar surface area (TPSA) is 79.3 Å². The van der Waals surface area contributed by atoms with E-state index in [1.807, 2.05) is 5.38 Å². The Labute approximate surface area is 123 Å². The van der Waals surface area contributed by atoms with Crippen molar-refractivity contribution >= 4 is 40.6 Å². The van der Waals surface area contributed by atoms with Crippen molar-refractivity contribution in [2.75, 3.05) is 6.54 Å². The van der Waals surface area contributed by atoms with Gasteiger partial charge >= 0.3 is 5.97 Å². The molecule has 5 nitrogen and oxygen atoms in total. The quantitative estimate of drug-likeness (QED) is 0.802. The summed E-state index contributed by atoms with van der Waals surface area (Å²) >= 11 is 2.78. The molecule has 2 N–H and O–H groups in total. The van der Waals surface area contributed by atoms with E-state index in [1.54, 1.807) is 17.6 Å². The Bertz CT molecular complexity index is 617. The second kappa shape index (κ2) is 6.97. The molecule has 104 valence electrons. The number of aliphatic carboxylic acids is 1. The zero-order valence-electron chi connectivity index (χ0n) is 10.4. The van der Waals surface area contributed by atoms with Crippen LogP contribution in [0.15, 0.2) is 29.1 Å². The number of nitrogens with zero attached hydrogens (tertiary/aromatic N) is 1. The Morgan fingerprint density at radius 2 is 2.25 bits per heavy atom. The van der Waals surface area contributed by atoms with E-state index in [1.165, 1.54) is 28.7 Å². The minimum absolute atomic E-state index is 0.153. The molecule has 0 aliphatic rings. The standard InChI is InChI=1S/C13H12N2O3S2/c16-12(17)4-2-10-1-3-11(20-10)13(18)14-6-5-9-7-19-8-15-9/h1-4,7-8H,5-6H2,(H,14,18)(H,16,17). The highest BCUT2D eigenvalue weighted by Gasteiger charge is 2.08. The molecule has 20 heavy (non-hydrogen) atoms. The van der Waals surface area contributed by atoms with Gasteiger partial charge in [-0.25, -0.2) is 9.78 Å². The third kappa shape index (κ3) is 4.29. The number of rotatable bonds is 6. The van der Waals surface area contributed by atoms with Gasteiger partial charge in [-0.1, -0.05) is 0 Å². The molecule has 0 bridgehead atoms. The van der Waals surface area contributed by atoms with Gasteiger partial charge in [0, 0.05) is 29.3 Å². The number of aromatic nitrogens is 1. The number of carbonyl (C=O) groups is 2. The van der Waals surface area contributed by atoms with Crippen LogP contribution in [0.4, 0.5) is 0 Å². The molecular formula is C13H12N2O3S2. The number of thiazole rings is 1. The fourth-order valence-electron chi connectivity index (χ4n) is 1.47. The third-order valence-electron chi connectivity index (χ3n) is 2.39. The lowest BCUT2D eigenvalue weighted by molar-refractivity contribution is -0.131. The third-order valence-corrected chi connectivity index (χ3v) is 4.08. The summed E-state index contributed by atoms with van der Waals surface area (Å²) in [5, 5.41) is 13.3. The number of carboxylic acid groups (broad SMARTS) is 1. The SMILES string of the molecule is O=C(O)C=Cc1ccc(C(=O)NCCc2cscn2)s1. The molecule has 0 radical (unpaired) electrons. The maximum absolute atomic E-state index is 11.9. The van der Waals surface area contributed by atoms with E-state index in [2.05, 4.69) is 10.3 Å². The van der Waals surface area contributed by atoms with Crippen LogP contribution >= 0.6 is 22.7 Å². The summed E-state index contributed by atoms with van der Waals surface area (Å²) in [6.45, 7) is 0.529. The van der Waals surface area contributed by atoms with Crippen molar-refractivity contribution in [2.45, 2.75) is 6.42 Å². The number of amides is 1. The van der Waals surface area contributed by atoms with Crippen molar-refractivity contribution in [3.63, 3.8) is 0 Å². The monoisotopic (exact) mass is 308 g/mol. The van der Waals surface area contributed by atoms with Gasteiger partial charge in [-0.05, 0) is 18.2 Å². The minimum Gasteiger partial charge on any atom is -0.478 e. The molecule has 2 aromatic rings. The molecular weight excluding hydrogens is 296 g/mol. The molecule has 0 aromatic carbocycles. The first-order chi connectivity index (χ1) is 9.65. The largest absolute Gasteiger partial charge is 0.478 e. The number of thiophene rings is 1. The summed E-state index contributed by atoms with van der Waals surface area (Å²) in [6, 6.07) is 3.41. The van der Waals surface area contributed by atoms with E-state index >= 15 is 0 Å². The lowest BCUT2D eigenvalue weighted by Crippen LogP contribution is -2.24. The highest BCUT2D eigenvalue weighted by molar-refractivity contribution is 7.14. The van der Waals surface area contributed by atoms with Gasteiger partial charge in [-0.15, -0.1) is 22.7 Å². The predicted molar refractivity (Wildman–Crippen MR) is 79.1 cm³/mol. The molecule has 2 rings (SSSR count). The number of carboxylic acids is 1. The average molecular weight is 308 g/mol. The number of hydrogen-bond acceptors (Lipinski definition) is 5. The fraction of sp³-hybridized carbons (Fsp3) is 0.154. The predicted octanol–water partition coefficient (Wildman–Crippen LogP) is 2.27. The van der Waals surface area contributed by atoms with E-state index < -0.39 is 5.97 Å². The van der Waals surface area contributed by atoms with E-state index in [4.69, 9.17) is 5.11 Å². The van der Waals surface area contributed by atoms with Crippen molar-refractivity contribution in [1.82, 2.24) is 10.3 Å². The maximum Gasteiger partial charge on any atom is 0.328 e. The van der Waals surface area contributed by atoms with Crippen molar-refractivity contribution in [1.29, 1.82) is 0 Å². The average Bonchev–Trinajstić information content (AvgIpc) is 3.07. The van der Waals surface area contributed by atoms with Crippen molar-refractivity contribution in [3.8, 4) is 0 Å². The van der Waals surface area contributed by atoms with Crippen LogP contribution in [-0.2, 0) is 11.2 Å². The van der Waals surface area contributed by atoms with Crippen LogP contribution in [0.2, 0.25) is 0 Å². The normalized spacial score (nSPS) is 10.8. The van der Waals surface area contributed by atoms with Crippen LogP contribution in [-0.4, -0.2) is 28.5 Å². The van der Waals surface area contributed by atoms with Crippen LogP contribution in [0.3, 0.4) is 0 Å². The fourth-order valence-corrected chi connectivity index (χ4v) is 2.89. The lowest BCUT2D eigenvalue weighted by atomic mass is 10.3. The molecule has 0 atom stereocenters. The first-order valence-electron chi connectivity index (χ1n) is 5.81. The summed E-state index contributed by atoms with van der Waals surface area (Å²) in [6.07, 6.45) is 3.22. The van der Waals surface area contributed by atoms with Crippen LogP contribution in [0, 0.1) is 0 Å². The summed E-state index contributed by atoms with van der Waals surface area (Å²) in [4.78, 5) is 27.7. The van der Waals surface area contributed by atoms with Crippen LogP contribution in [0.1, 0.15) is 20.2 Å². The summed E-state index contributed by atoms with van der Waals surface area (Å²) in [5.41, 5.74) is 2.73. The van der Waals surface area contributed by atoms with Crippen LogP contribution in [0.25, 0.3) is 6.08 Å². The number of hydrogen-bond donors (Lipinski definition) is 2. The zero-order valence-corrected chi connectivity index (χ0v) is 12.0. The van der Waals surface area contributed by atoms with Gasteiger partial charge < -0.3 is 10.4 Å². The Kier molecular flexibility index (Phi) is 5.03. The van der Waals surface area contributed by atoms with E-state index in [-0.39, 0.29) is 5.91 Å². The van der Waals surface area contributed by atoms with Gasteiger partial charge in [-0.3, -0.25) is 4.79 Å². The molecule has 2 heterocycles. The highest BCUT2D eigenvalue weighted by Crippen LogP contribution is 2.17. The minimum atomic E-state index is -1.01. The molecule has 7 heteroatoms. The van der Waals surface area contributed by atoms with E-state index in [9.17, 15) is 9.59 Å². The van der Waals surface area contributed by atoms with Crippen molar-refractivity contribution in [3.05, 3.63) is 44.5 Å². The molecule has 0 spiro atoms. The lowest BCUT2D eigenvalue weighted by Gasteiger charge is -2.01. The van der Waals surface area contributed by atoms with Crippen molar-refractivity contribution < 1.29 is 14.7 Å². The maximum atomic E-state index is 11.9. The summed E-state index contributed by atoms with van der Waals surface area (Å²) in [5.74, 6) is -1.16. The number of nitrogens with one attached hydrogen (secondary N) is 1. The second-order valence-electron chi connectivity index (χ2n) is 3.86. The van der Waals surface area contributed by atoms with E-state index in [0.717, 1.165) is 16.6 Å². The first kappa shape index (κ1) is 14.4. The van der Waals surface area contributed by atoms with Gasteiger partial charge in [-0.2, -0.15) is 0 Å². The van der Waals surface area contributed by atoms with Crippen LogP contribution in [0.5, 0.6) is 0 Å². The molecule has 0 unspecified atom stereocenters. The Morgan fingerprint density at radius 1 is 1.40 bits per heavy atom. The molecule has 0 saturated carbocycles. The molecule has 2 aromatic heterocycles. The van der Waals surface area contributed by atoms with Crippen LogP contribution < -0.4 is 5.32 Å². The number of carbonyl (C=O) groups excluding carboxylic acids is 1. The molecule has 1 amide bonds. The highest BCUT2D eigenvalue weighted by atomic mass is 32.1. The molecule has 0 saturated heterocycles. The second-order valence-corrected chi connectivity index (χ2v) is 5.69. The van der Waals surface area contributed by atoms with E-state index in [0.29, 0.717) is 17.8 Å². The van der Waals surface area contributed by atoms with Gasteiger partial charge in [0.25, 0.3) is 5.91 Å². The van der Waals surface area contributed by atoms with Crippen molar-refractivity contribution in [2.24, 2.45) is 0 Å². The van der Waals surface area contributed by atoms with Gasteiger partial charge in [0.1, 0.15) is 0 Å². The van der Waals surface area contributed by atoms with Gasteiger partial charge in [0.05, 0.1) is 16.1 Å². The summed E-state index contributed by atoms with van der Waals surface area (Å²) < 4.78 is 0.